The molecule has 19 heavy (non-hydrogen) atoms. The predicted octanol–water partition coefficient (Wildman–Crippen LogP) is 3.46. The van der Waals surface area contributed by atoms with Crippen LogP contribution in [0.15, 0.2) is 24.3 Å². The Morgan fingerprint density at radius 3 is 2.16 bits per heavy atom. The maximum absolute atomic E-state index is 5.53. The Balaban J connectivity index is 2.63. The molecule has 0 fully saturated rings. The van der Waals surface area contributed by atoms with E-state index in [-0.39, 0.29) is 6.04 Å². The highest BCUT2D eigenvalue weighted by Gasteiger charge is 2.22. The maximum atomic E-state index is 5.53. The Kier molecular flexibility index (Phi) is 3.79. The summed E-state index contributed by atoms with van der Waals surface area (Å²) in [6.45, 7) is 6.19. The zero-order valence-electron chi connectivity index (χ0n) is 12.1. The number of methoxy groups -OCH3 is 2. The molecule has 0 saturated heterocycles. The molecule has 0 aliphatic carbocycles. The van der Waals surface area contributed by atoms with Crippen molar-refractivity contribution in [2.24, 2.45) is 0 Å². The van der Waals surface area contributed by atoms with E-state index in [2.05, 4.69) is 50.1 Å². The van der Waals surface area contributed by atoms with Crippen LogP contribution < -0.4 is 9.47 Å². The highest BCUT2D eigenvalue weighted by molar-refractivity contribution is 5.74. The number of aromatic nitrogens is 2. The normalized spacial score (nSPS) is 10.8. The molecule has 0 N–H and O–H groups in total. The zero-order valence-corrected chi connectivity index (χ0v) is 12.1. The number of nitrogens with zero attached hydrogens (tertiary/aromatic N) is 2. The second-order valence-corrected chi connectivity index (χ2v) is 4.80. The van der Waals surface area contributed by atoms with Crippen molar-refractivity contribution in [2.45, 2.75) is 26.8 Å². The van der Waals surface area contributed by atoms with E-state index in [4.69, 9.17) is 9.47 Å². The van der Waals surface area contributed by atoms with Gasteiger partial charge < -0.3 is 9.47 Å². The summed E-state index contributed by atoms with van der Waals surface area (Å²) in [5, 5.41) is 4.47. The predicted molar refractivity (Wildman–Crippen MR) is 75.9 cm³/mol. The SMILES string of the molecule is COc1nn(C(C)C)c(OC)c1-c1ccc(C)cc1. The number of benzene rings is 1. The molecule has 2 rings (SSSR count). The zero-order chi connectivity index (χ0) is 14.0. The minimum absolute atomic E-state index is 0.211. The van der Waals surface area contributed by atoms with Crippen LogP contribution in [0.5, 0.6) is 11.8 Å². The molecule has 1 aromatic heterocycles. The molecule has 1 aromatic carbocycles. The Hall–Kier alpha value is -1.97. The molecular formula is C15H20N2O2. The van der Waals surface area contributed by atoms with Crippen molar-refractivity contribution in [3.8, 4) is 22.9 Å². The van der Waals surface area contributed by atoms with Gasteiger partial charge in [-0.2, -0.15) is 0 Å². The van der Waals surface area contributed by atoms with Crippen LogP contribution in [-0.4, -0.2) is 24.0 Å². The van der Waals surface area contributed by atoms with Gasteiger partial charge in [0.05, 0.1) is 20.3 Å². The Labute approximate surface area is 114 Å². The topological polar surface area (TPSA) is 36.3 Å². The summed E-state index contributed by atoms with van der Waals surface area (Å²) in [5.74, 6) is 1.32. The van der Waals surface area contributed by atoms with Gasteiger partial charge in [-0.3, -0.25) is 0 Å². The first-order valence-electron chi connectivity index (χ1n) is 6.36. The van der Waals surface area contributed by atoms with Crippen LogP contribution in [-0.2, 0) is 0 Å². The van der Waals surface area contributed by atoms with Crippen LogP contribution in [0.2, 0.25) is 0 Å². The number of aryl methyl sites for hydroxylation is 1. The van der Waals surface area contributed by atoms with Crippen LogP contribution >= 0.6 is 0 Å². The number of hydrogen-bond acceptors (Lipinski definition) is 3. The molecule has 0 saturated carbocycles. The van der Waals surface area contributed by atoms with Crippen molar-refractivity contribution < 1.29 is 9.47 Å². The molecule has 2 aromatic rings. The summed E-state index contributed by atoms with van der Waals surface area (Å²) in [5.41, 5.74) is 3.17. The highest BCUT2D eigenvalue weighted by Crippen LogP contribution is 2.39. The fourth-order valence-electron chi connectivity index (χ4n) is 2.05. The van der Waals surface area contributed by atoms with Gasteiger partial charge in [0.1, 0.15) is 5.56 Å². The van der Waals surface area contributed by atoms with Gasteiger partial charge in [0.25, 0.3) is 0 Å². The van der Waals surface area contributed by atoms with Crippen molar-refractivity contribution in [1.29, 1.82) is 0 Å². The van der Waals surface area contributed by atoms with E-state index in [0.717, 1.165) is 17.0 Å². The van der Waals surface area contributed by atoms with Gasteiger partial charge in [-0.25, -0.2) is 4.68 Å². The largest absolute Gasteiger partial charge is 0.481 e. The molecule has 0 radical (unpaired) electrons. The summed E-state index contributed by atoms with van der Waals surface area (Å²) in [6.07, 6.45) is 0. The molecule has 4 heteroatoms. The smallest absolute Gasteiger partial charge is 0.244 e. The quantitative estimate of drug-likeness (QED) is 0.844. The molecule has 1 heterocycles. The number of hydrogen-bond donors (Lipinski definition) is 0. The number of ether oxygens (including phenoxy) is 2. The lowest BCUT2D eigenvalue weighted by Crippen LogP contribution is -2.05. The fourth-order valence-corrected chi connectivity index (χ4v) is 2.05. The summed E-state index contributed by atoms with van der Waals surface area (Å²) in [4.78, 5) is 0. The average Bonchev–Trinajstić information content (AvgIpc) is 2.78. The summed E-state index contributed by atoms with van der Waals surface area (Å²) < 4.78 is 12.8. The monoisotopic (exact) mass is 260 g/mol. The summed E-state index contributed by atoms with van der Waals surface area (Å²) >= 11 is 0. The summed E-state index contributed by atoms with van der Waals surface area (Å²) in [6, 6.07) is 8.47. The van der Waals surface area contributed by atoms with Crippen LogP contribution in [0, 0.1) is 6.92 Å². The van der Waals surface area contributed by atoms with Gasteiger partial charge in [-0.05, 0) is 26.3 Å². The van der Waals surface area contributed by atoms with Gasteiger partial charge in [0.15, 0.2) is 0 Å². The molecule has 0 bridgehead atoms. The molecule has 0 spiro atoms. The molecule has 0 amide bonds. The van der Waals surface area contributed by atoms with Gasteiger partial charge in [0, 0.05) is 0 Å². The molecule has 0 aliphatic rings. The van der Waals surface area contributed by atoms with E-state index in [1.807, 2.05) is 4.68 Å². The lowest BCUT2D eigenvalue weighted by Gasteiger charge is -2.10. The van der Waals surface area contributed by atoms with E-state index < -0.39 is 0 Å². The van der Waals surface area contributed by atoms with Crippen LogP contribution in [0.1, 0.15) is 25.5 Å². The first kappa shape index (κ1) is 13.5. The van der Waals surface area contributed by atoms with Gasteiger partial charge >= 0.3 is 0 Å². The Morgan fingerprint density at radius 2 is 1.68 bits per heavy atom. The lowest BCUT2D eigenvalue weighted by atomic mass is 10.1. The minimum atomic E-state index is 0.211. The minimum Gasteiger partial charge on any atom is -0.481 e. The van der Waals surface area contributed by atoms with Gasteiger partial charge in [-0.15, -0.1) is 5.10 Å². The highest BCUT2D eigenvalue weighted by atomic mass is 16.5. The van der Waals surface area contributed by atoms with E-state index in [0.29, 0.717) is 5.88 Å². The molecular weight excluding hydrogens is 240 g/mol. The average molecular weight is 260 g/mol. The Bertz CT molecular complexity index is 556. The van der Waals surface area contributed by atoms with E-state index in [1.54, 1.807) is 14.2 Å². The van der Waals surface area contributed by atoms with Crippen molar-refractivity contribution in [2.75, 3.05) is 14.2 Å². The fraction of sp³-hybridized carbons (Fsp3) is 0.400. The van der Waals surface area contributed by atoms with Crippen LogP contribution in [0.25, 0.3) is 11.1 Å². The first-order chi connectivity index (χ1) is 9.08. The van der Waals surface area contributed by atoms with Crippen molar-refractivity contribution in [3.63, 3.8) is 0 Å². The second kappa shape index (κ2) is 5.34. The van der Waals surface area contributed by atoms with Crippen molar-refractivity contribution in [3.05, 3.63) is 29.8 Å². The van der Waals surface area contributed by atoms with Crippen molar-refractivity contribution in [1.82, 2.24) is 9.78 Å². The lowest BCUT2D eigenvalue weighted by molar-refractivity contribution is 0.340. The standard InChI is InChI=1S/C15H20N2O2/c1-10(2)17-15(19-5)13(14(16-17)18-4)12-8-6-11(3)7-9-12/h6-10H,1-5H3. The third-order valence-corrected chi connectivity index (χ3v) is 3.05. The van der Waals surface area contributed by atoms with Crippen LogP contribution in [0.4, 0.5) is 0 Å². The third-order valence-electron chi connectivity index (χ3n) is 3.05. The van der Waals surface area contributed by atoms with Gasteiger partial charge in [0.2, 0.25) is 11.8 Å². The third kappa shape index (κ3) is 2.43. The van der Waals surface area contributed by atoms with E-state index in [9.17, 15) is 0 Å². The molecule has 0 atom stereocenters. The first-order valence-corrected chi connectivity index (χ1v) is 6.36. The van der Waals surface area contributed by atoms with Crippen molar-refractivity contribution >= 4 is 0 Å². The second-order valence-electron chi connectivity index (χ2n) is 4.80. The van der Waals surface area contributed by atoms with Crippen LogP contribution in [0.3, 0.4) is 0 Å². The molecule has 102 valence electrons. The van der Waals surface area contributed by atoms with E-state index in [1.165, 1.54) is 5.56 Å². The molecule has 4 nitrogen and oxygen atoms in total. The van der Waals surface area contributed by atoms with E-state index >= 15 is 0 Å². The Morgan fingerprint density at radius 1 is 1.05 bits per heavy atom. The molecule has 0 aliphatic heterocycles. The van der Waals surface area contributed by atoms with Gasteiger partial charge in [-0.1, -0.05) is 29.8 Å². The molecule has 0 unspecified atom stereocenters. The number of rotatable bonds is 4. The summed E-state index contributed by atoms with van der Waals surface area (Å²) in [7, 11) is 3.29. The maximum Gasteiger partial charge on any atom is 0.244 e.